The van der Waals surface area contributed by atoms with E-state index in [1.165, 1.54) is 231 Å². The van der Waals surface area contributed by atoms with E-state index in [2.05, 4.69) is 34.6 Å². The van der Waals surface area contributed by atoms with Crippen molar-refractivity contribution in [1.82, 2.24) is 0 Å². The van der Waals surface area contributed by atoms with Crippen LogP contribution in [0.25, 0.3) is 0 Å². The summed E-state index contributed by atoms with van der Waals surface area (Å²) in [6, 6.07) is 0. The number of unbranched alkanes of at least 4 members (excludes halogenated alkanes) is 51. The summed E-state index contributed by atoms with van der Waals surface area (Å²) < 4.78 is 68.5. The average molecular weight is 1440 g/mol. The van der Waals surface area contributed by atoms with E-state index in [-0.39, 0.29) is 25.7 Å². The van der Waals surface area contributed by atoms with Crippen LogP contribution in [0.5, 0.6) is 0 Å². The van der Waals surface area contributed by atoms with E-state index in [0.29, 0.717) is 25.7 Å². The van der Waals surface area contributed by atoms with Crippen LogP contribution in [0.2, 0.25) is 0 Å². The molecule has 0 aromatic heterocycles. The largest absolute Gasteiger partial charge is 0.472 e. The van der Waals surface area contributed by atoms with E-state index in [4.69, 9.17) is 37.0 Å². The number of phosphoric acid groups is 2. The van der Waals surface area contributed by atoms with Crippen LogP contribution in [0.15, 0.2) is 0 Å². The van der Waals surface area contributed by atoms with Crippen molar-refractivity contribution in [2.75, 3.05) is 39.6 Å². The number of esters is 4. The molecule has 0 aliphatic carbocycles. The van der Waals surface area contributed by atoms with Gasteiger partial charge in [-0.1, -0.05) is 369 Å². The number of phosphoric ester groups is 2. The molecule has 3 N–H and O–H groups in total. The van der Waals surface area contributed by atoms with Gasteiger partial charge in [0.15, 0.2) is 12.2 Å². The predicted molar refractivity (Wildman–Crippen MR) is 400 cm³/mol. The van der Waals surface area contributed by atoms with Crippen LogP contribution in [0.1, 0.15) is 420 Å². The Kier molecular flexibility index (Phi) is 70.6. The van der Waals surface area contributed by atoms with Crippen molar-refractivity contribution < 1.29 is 80.2 Å². The lowest BCUT2D eigenvalue weighted by Gasteiger charge is -2.21. The highest BCUT2D eigenvalue weighted by atomic mass is 31.2. The molecule has 0 fully saturated rings. The molecule has 0 heterocycles. The molecular formula is C79H154O17P2. The van der Waals surface area contributed by atoms with Crippen molar-refractivity contribution in [3.05, 3.63) is 0 Å². The van der Waals surface area contributed by atoms with E-state index >= 15 is 0 Å². The Bertz CT molecular complexity index is 1870. The number of aliphatic hydroxyl groups excluding tert-OH is 1. The third-order valence-electron chi connectivity index (χ3n) is 18.5. The highest BCUT2D eigenvalue weighted by Gasteiger charge is 2.30. The maximum absolute atomic E-state index is 13.1. The van der Waals surface area contributed by atoms with Gasteiger partial charge in [0.2, 0.25) is 0 Å². The monoisotopic (exact) mass is 1440 g/mol. The number of hydrogen-bond acceptors (Lipinski definition) is 15. The minimum Gasteiger partial charge on any atom is -0.462 e. The lowest BCUT2D eigenvalue weighted by Crippen LogP contribution is -2.30. The van der Waals surface area contributed by atoms with Crippen molar-refractivity contribution in [3.8, 4) is 0 Å². The van der Waals surface area contributed by atoms with Gasteiger partial charge in [0.25, 0.3) is 0 Å². The summed E-state index contributed by atoms with van der Waals surface area (Å²) in [6.07, 6.45) is 62.6. The number of hydrogen-bond donors (Lipinski definition) is 3. The molecule has 5 atom stereocenters. The summed E-state index contributed by atoms with van der Waals surface area (Å²) in [7, 11) is -9.91. The number of carbonyl (C=O) groups is 4. The SMILES string of the molecule is CCCCCCCCCCCCCCCCCCCCCCCC(=O)O[C@H](COC(=O)CCCCCCCCCCCCCCC(C)C)COP(=O)(O)OC[C@@H](O)COP(=O)(O)OC[C@@H](COC(=O)CCCCCCCCC)OC(=O)CCCCCCCCCCCCCCCCC. The van der Waals surface area contributed by atoms with Gasteiger partial charge in [-0.25, -0.2) is 9.13 Å². The van der Waals surface area contributed by atoms with Crippen LogP contribution < -0.4 is 0 Å². The number of ether oxygens (including phenoxy) is 4. The first kappa shape index (κ1) is 96.1. The molecule has 0 aliphatic rings. The van der Waals surface area contributed by atoms with Crippen LogP contribution in [-0.2, 0) is 65.4 Å². The van der Waals surface area contributed by atoms with E-state index in [1.807, 2.05) is 0 Å². The van der Waals surface area contributed by atoms with Gasteiger partial charge in [-0.3, -0.25) is 37.3 Å². The predicted octanol–water partition coefficient (Wildman–Crippen LogP) is 23.6. The third kappa shape index (κ3) is 72.4. The Morgan fingerprint density at radius 1 is 0.276 bits per heavy atom. The average Bonchev–Trinajstić information content (AvgIpc) is 1.02. The zero-order valence-electron chi connectivity index (χ0n) is 63.9. The van der Waals surface area contributed by atoms with Crippen molar-refractivity contribution in [3.63, 3.8) is 0 Å². The van der Waals surface area contributed by atoms with Crippen LogP contribution >= 0.6 is 15.6 Å². The second kappa shape index (κ2) is 72.0. The van der Waals surface area contributed by atoms with Gasteiger partial charge >= 0.3 is 39.5 Å². The topological polar surface area (TPSA) is 237 Å². The second-order valence-electron chi connectivity index (χ2n) is 28.9. The van der Waals surface area contributed by atoms with Crippen molar-refractivity contribution in [2.24, 2.45) is 5.92 Å². The molecule has 0 amide bonds. The molecule has 0 rings (SSSR count). The maximum Gasteiger partial charge on any atom is 0.472 e. The minimum absolute atomic E-state index is 0.108. The Morgan fingerprint density at radius 3 is 0.694 bits per heavy atom. The van der Waals surface area contributed by atoms with Gasteiger partial charge in [-0.2, -0.15) is 0 Å². The summed E-state index contributed by atoms with van der Waals surface area (Å²) in [4.78, 5) is 72.8. The normalized spacial score (nSPS) is 13.9. The molecule has 2 unspecified atom stereocenters. The Balaban J connectivity index is 5.16. The first-order valence-corrected chi connectivity index (χ1v) is 44.1. The fourth-order valence-electron chi connectivity index (χ4n) is 12.2. The Labute approximate surface area is 600 Å². The molecule has 582 valence electrons. The molecule has 0 aliphatic heterocycles. The van der Waals surface area contributed by atoms with Crippen LogP contribution in [0.4, 0.5) is 0 Å². The second-order valence-corrected chi connectivity index (χ2v) is 31.8. The van der Waals surface area contributed by atoms with E-state index in [1.54, 1.807) is 0 Å². The number of rotatable bonds is 79. The molecule has 0 aromatic rings. The van der Waals surface area contributed by atoms with Gasteiger partial charge in [0.05, 0.1) is 26.4 Å². The summed E-state index contributed by atoms with van der Waals surface area (Å²) in [6.45, 7) is 7.29. The molecule has 98 heavy (non-hydrogen) atoms. The lowest BCUT2D eigenvalue weighted by atomic mass is 10.0. The Morgan fingerprint density at radius 2 is 0.469 bits per heavy atom. The zero-order valence-corrected chi connectivity index (χ0v) is 65.7. The number of carbonyl (C=O) groups excluding carboxylic acids is 4. The molecular weight excluding hydrogens is 1280 g/mol. The summed E-state index contributed by atoms with van der Waals surface area (Å²) in [5.74, 6) is -1.33. The molecule has 17 nitrogen and oxygen atoms in total. The summed E-state index contributed by atoms with van der Waals surface area (Å²) >= 11 is 0. The van der Waals surface area contributed by atoms with E-state index in [0.717, 1.165) is 109 Å². The third-order valence-corrected chi connectivity index (χ3v) is 20.4. The maximum atomic E-state index is 13.1. The van der Waals surface area contributed by atoms with Gasteiger partial charge in [-0.05, 0) is 31.6 Å². The minimum atomic E-state index is -4.96. The highest BCUT2D eigenvalue weighted by Crippen LogP contribution is 2.45. The molecule has 0 saturated carbocycles. The molecule has 0 aromatic carbocycles. The van der Waals surface area contributed by atoms with E-state index in [9.17, 15) is 43.2 Å². The first-order valence-electron chi connectivity index (χ1n) is 41.1. The lowest BCUT2D eigenvalue weighted by molar-refractivity contribution is -0.161. The zero-order chi connectivity index (χ0) is 71.9. The first-order chi connectivity index (χ1) is 47.5. The van der Waals surface area contributed by atoms with Gasteiger partial charge in [0, 0.05) is 25.7 Å². The Hall–Kier alpha value is -1.94. The van der Waals surface area contributed by atoms with Crippen molar-refractivity contribution in [2.45, 2.75) is 438 Å². The van der Waals surface area contributed by atoms with Crippen molar-refractivity contribution in [1.29, 1.82) is 0 Å². The molecule has 0 radical (unpaired) electrons. The molecule has 0 bridgehead atoms. The van der Waals surface area contributed by atoms with Crippen LogP contribution in [-0.4, -0.2) is 96.7 Å². The summed E-state index contributed by atoms with van der Waals surface area (Å²) in [5.41, 5.74) is 0. The fourth-order valence-corrected chi connectivity index (χ4v) is 13.8. The van der Waals surface area contributed by atoms with Gasteiger partial charge in [-0.15, -0.1) is 0 Å². The molecule has 0 spiro atoms. The van der Waals surface area contributed by atoms with Crippen LogP contribution in [0, 0.1) is 5.92 Å². The van der Waals surface area contributed by atoms with Gasteiger partial charge in [0.1, 0.15) is 19.3 Å². The van der Waals surface area contributed by atoms with Crippen molar-refractivity contribution >= 4 is 39.5 Å². The van der Waals surface area contributed by atoms with Gasteiger partial charge < -0.3 is 33.8 Å². The molecule has 19 heteroatoms. The summed E-state index contributed by atoms with van der Waals surface area (Å²) in [5, 5.41) is 10.6. The molecule has 0 saturated heterocycles. The highest BCUT2D eigenvalue weighted by molar-refractivity contribution is 7.47. The number of aliphatic hydroxyl groups is 1. The quantitative estimate of drug-likeness (QED) is 0.0222. The van der Waals surface area contributed by atoms with Crippen LogP contribution in [0.3, 0.4) is 0 Å². The standard InChI is InChI=1S/C79H154O17P2/c1-6-9-12-15-18-20-22-24-26-27-28-29-30-31-33-35-41-45-50-55-60-65-79(84)96-75(69-90-77(82)63-58-53-48-43-39-37-36-38-42-47-51-56-61-72(4)5)71-94-98(87,88)92-67-73(80)66-91-97(85,86)93-70-74(68-89-76(81)62-57-52-46-17-14-11-8-3)95-78(83)64-59-54-49-44-40-34-32-25-23-21-19-16-13-10-7-2/h72-75,80H,6-71H2,1-5H3,(H,85,86)(H,87,88)/t73-,74+,75+/m0/s1. The fraction of sp³-hybridized carbons (Fsp3) is 0.949. The van der Waals surface area contributed by atoms with E-state index < -0.39 is 97.5 Å². The smallest absolute Gasteiger partial charge is 0.462 e.